The number of allylic oxidation sites excluding steroid dienone is 5. The zero-order chi connectivity index (χ0) is 30.1. The predicted octanol–water partition coefficient (Wildman–Crippen LogP) is 1.29. The molecule has 3 aliphatic heterocycles. The van der Waals surface area contributed by atoms with E-state index in [1.54, 1.807) is 31.9 Å². The second-order valence-electron chi connectivity index (χ2n) is 10.9. The van der Waals surface area contributed by atoms with Gasteiger partial charge in [-0.1, -0.05) is 6.08 Å². The smallest absolute Gasteiger partial charge is 0.333 e. The normalized spacial score (nSPS) is 28.7. The second-order valence-corrected chi connectivity index (χ2v) is 10.9. The number of ketones is 4. The van der Waals surface area contributed by atoms with Gasteiger partial charge >= 0.3 is 5.97 Å². The molecule has 1 fully saturated rings. The molecule has 5 aliphatic rings. The highest BCUT2D eigenvalue weighted by atomic mass is 16.5. The van der Waals surface area contributed by atoms with Gasteiger partial charge in [0, 0.05) is 45.4 Å². The first-order valence-corrected chi connectivity index (χ1v) is 13.4. The van der Waals surface area contributed by atoms with Gasteiger partial charge in [0.15, 0.2) is 23.1 Å². The van der Waals surface area contributed by atoms with E-state index in [9.17, 15) is 28.8 Å². The molecule has 3 heterocycles. The Balaban J connectivity index is 1.68. The third-order valence-corrected chi connectivity index (χ3v) is 8.97. The van der Waals surface area contributed by atoms with E-state index in [1.807, 2.05) is 0 Å². The molecule has 0 N–H and O–H groups in total. The van der Waals surface area contributed by atoms with Crippen LogP contribution in [0.15, 0.2) is 56.6 Å². The number of rotatable bonds is 5. The zero-order valence-electron chi connectivity index (χ0n) is 24.1. The average molecular weight is 565 g/mol. The van der Waals surface area contributed by atoms with Crippen LogP contribution in [0.2, 0.25) is 0 Å². The molecule has 0 unspecified atom stereocenters. The molecule has 2 bridgehead atoms. The van der Waals surface area contributed by atoms with Gasteiger partial charge in [0.05, 0.1) is 38.4 Å². The number of nitrogens with zero attached hydrogens (tertiary/aromatic N) is 2. The minimum atomic E-state index is -1.10. The van der Waals surface area contributed by atoms with Crippen LogP contribution < -0.4 is 0 Å². The highest BCUT2D eigenvalue weighted by Crippen LogP contribution is 2.47. The summed E-state index contributed by atoms with van der Waals surface area (Å²) < 4.78 is 16.2. The van der Waals surface area contributed by atoms with Crippen molar-refractivity contribution >= 4 is 35.0 Å². The van der Waals surface area contributed by atoms with Gasteiger partial charge in [-0.2, -0.15) is 0 Å². The molecular weight excluding hydrogens is 532 g/mol. The second kappa shape index (κ2) is 10.1. The molecule has 11 heteroatoms. The largest absolute Gasteiger partial charge is 0.492 e. The fourth-order valence-electron chi connectivity index (χ4n) is 6.77. The van der Waals surface area contributed by atoms with E-state index in [1.165, 1.54) is 33.0 Å². The first kappa shape index (κ1) is 28.4. The number of esters is 1. The molecule has 2 aliphatic carbocycles. The van der Waals surface area contributed by atoms with Gasteiger partial charge in [0.2, 0.25) is 17.5 Å². The fraction of sp³-hybridized carbons (Fsp3) is 0.467. The molecule has 0 radical (unpaired) electrons. The van der Waals surface area contributed by atoms with Crippen LogP contribution in [0, 0.1) is 0 Å². The Labute approximate surface area is 237 Å². The molecule has 5 rings (SSSR count). The Hall–Kier alpha value is -4.12. The van der Waals surface area contributed by atoms with Crippen molar-refractivity contribution < 1.29 is 43.0 Å². The molecule has 216 valence electrons. The summed E-state index contributed by atoms with van der Waals surface area (Å²) in [6.07, 6.45) is 1.53. The lowest BCUT2D eigenvalue weighted by atomic mass is 9.69. The lowest BCUT2D eigenvalue weighted by Crippen LogP contribution is -2.73. The van der Waals surface area contributed by atoms with Gasteiger partial charge in [-0.3, -0.25) is 28.9 Å². The van der Waals surface area contributed by atoms with Crippen molar-refractivity contribution in [3.05, 3.63) is 56.6 Å². The lowest BCUT2D eigenvalue weighted by Gasteiger charge is -2.57. The van der Waals surface area contributed by atoms with Crippen LogP contribution in [-0.2, 0) is 43.0 Å². The summed E-state index contributed by atoms with van der Waals surface area (Å²) in [5.41, 5.74) is 1.37. The van der Waals surface area contributed by atoms with E-state index in [-0.39, 0.29) is 76.1 Å². The van der Waals surface area contributed by atoms with E-state index in [0.29, 0.717) is 5.57 Å². The third kappa shape index (κ3) is 3.89. The Bertz CT molecular complexity index is 1500. The summed E-state index contributed by atoms with van der Waals surface area (Å²) in [6.45, 7) is 5.89. The van der Waals surface area contributed by atoms with Crippen LogP contribution in [0.4, 0.5) is 0 Å². The molecular formula is C30H32N2O9. The number of likely N-dealkylation sites (N-methyl/N-ethyl adjacent to an activating group) is 1. The Morgan fingerprint density at radius 2 is 1.41 bits per heavy atom. The van der Waals surface area contributed by atoms with Crippen molar-refractivity contribution in [2.75, 3.05) is 27.9 Å². The summed E-state index contributed by atoms with van der Waals surface area (Å²) in [7, 11) is 4.32. The number of fused-ring (bicyclic) bond motifs is 5. The zero-order valence-corrected chi connectivity index (χ0v) is 24.1. The number of Topliss-reactive ketones (excluding diaryl/α,β-unsaturated/α-hetero) is 4. The minimum Gasteiger partial charge on any atom is -0.492 e. The van der Waals surface area contributed by atoms with E-state index in [0.717, 1.165) is 0 Å². The van der Waals surface area contributed by atoms with Gasteiger partial charge in [-0.05, 0) is 41.2 Å². The standard InChI is InChI=1S/C30H32N2O9/c1-8-12(2)30(38)41-11-19-20-15(23(33)13(3)27(39-6)25(20)35)9-17-22-21-16(10-18(31(22)5)29(37)32(17)19)24(34)14(4)28(40-7)26(21)36/h8,17-19,22H,9-11H2,1-7H3/b12-8-/t17-,18+,19-,22-/m0/s1. The van der Waals surface area contributed by atoms with Crippen molar-refractivity contribution in [3.8, 4) is 0 Å². The van der Waals surface area contributed by atoms with Crippen molar-refractivity contribution in [1.29, 1.82) is 0 Å². The fourth-order valence-corrected chi connectivity index (χ4v) is 6.77. The summed E-state index contributed by atoms with van der Waals surface area (Å²) in [4.78, 5) is 84.5. The highest BCUT2D eigenvalue weighted by molar-refractivity contribution is 6.27. The maximum atomic E-state index is 14.2. The molecule has 41 heavy (non-hydrogen) atoms. The number of carbonyl (C=O) groups is 6. The van der Waals surface area contributed by atoms with Gasteiger partial charge in [-0.15, -0.1) is 0 Å². The number of methoxy groups -OCH3 is 2. The topological polar surface area (TPSA) is 137 Å². The predicted molar refractivity (Wildman–Crippen MR) is 143 cm³/mol. The SMILES string of the molecule is C/C=C(/C)C(=O)OC[C@H]1C2=C(C[C@H]3[C@H]4C5=C(C[C@H](C(=O)N13)N4C)C(=O)C(C)=C(OC)C5=O)C(=O)C(C)=C(OC)C2=O. The van der Waals surface area contributed by atoms with Crippen LogP contribution in [-0.4, -0.2) is 96.9 Å². The minimum absolute atomic E-state index is 0.00536. The summed E-state index contributed by atoms with van der Waals surface area (Å²) in [6, 6.07) is -3.48. The van der Waals surface area contributed by atoms with Crippen LogP contribution in [0.1, 0.15) is 40.5 Å². The van der Waals surface area contributed by atoms with Gasteiger partial charge in [-0.25, -0.2) is 4.79 Å². The number of carbonyl (C=O) groups excluding carboxylic acids is 6. The van der Waals surface area contributed by atoms with E-state index < -0.39 is 47.5 Å². The van der Waals surface area contributed by atoms with Crippen molar-refractivity contribution in [3.63, 3.8) is 0 Å². The van der Waals surface area contributed by atoms with Crippen LogP contribution >= 0.6 is 0 Å². The van der Waals surface area contributed by atoms with E-state index in [4.69, 9.17) is 14.2 Å². The summed E-state index contributed by atoms with van der Waals surface area (Å²) >= 11 is 0. The summed E-state index contributed by atoms with van der Waals surface area (Å²) in [5, 5.41) is 0. The lowest BCUT2D eigenvalue weighted by molar-refractivity contribution is -0.159. The maximum Gasteiger partial charge on any atom is 0.333 e. The molecule has 0 aromatic heterocycles. The van der Waals surface area contributed by atoms with Crippen molar-refractivity contribution in [2.24, 2.45) is 0 Å². The number of hydrogen-bond donors (Lipinski definition) is 0. The van der Waals surface area contributed by atoms with E-state index >= 15 is 0 Å². The van der Waals surface area contributed by atoms with Crippen molar-refractivity contribution in [2.45, 2.75) is 64.7 Å². The monoisotopic (exact) mass is 564 g/mol. The molecule has 11 nitrogen and oxygen atoms in total. The number of ether oxygens (including phenoxy) is 3. The molecule has 0 aromatic rings. The highest BCUT2D eigenvalue weighted by Gasteiger charge is 2.59. The van der Waals surface area contributed by atoms with Crippen LogP contribution in [0.25, 0.3) is 0 Å². The first-order valence-electron chi connectivity index (χ1n) is 13.4. The van der Waals surface area contributed by atoms with Crippen LogP contribution in [0.5, 0.6) is 0 Å². The van der Waals surface area contributed by atoms with Gasteiger partial charge in [0.25, 0.3) is 0 Å². The Morgan fingerprint density at radius 1 is 0.878 bits per heavy atom. The van der Waals surface area contributed by atoms with E-state index in [2.05, 4.69) is 0 Å². The van der Waals surface area contributed by atoms with Gasteiger partial charge in [0.1, 0.15) is 6.61 Å². The molecule has 1 amide bonds. The number of hydrogen-bond acceptors (Lipinski definition) is 10. The van der Waals surface area contributed by atoms with Crippen LogP contribution in [0.3, 0.4) is 0 Å². The molecule has 0 saturated carbocycles. The Kier molecular flexibility index (Phi) is 6.97. The maximum absolute atomic E-state index is 14.2. The molecule has 0 spiro atoms. The number of piperazine rings is 1. The van der Waals surface area contributed by atoms with Gasteiger partial charge < -0.3 is 19.1 Å². The molecule has 1 saturated heterocycles. The average Bonchev–Trinajstić information content (AvgIpc) is 2.95. The quantitative estimate of drug-likeness (QED) is 0.273. The first-order chi connectivity index (χ1) is 19.4. The molecule has 4 atom stereocenters. The molecule has 0 aromatic carbocycles. The van der Waals surface area contributed by atoms with Crippen molar-refractivity contribution in [1.82, 2.24) is 9.80 Å². The Morgan fingerprint density at radius 3 is 1.95 bits per heavy atom. The number of amides is 1. The summed E-state index contributed by atoms with van der Waals surface area (Å²) in [5.74, 6) is -2.97. The third-order valence-electron chi connectivity index (χ3n) is 8.97.